The molecule has 1 heterocycles. The Morgan fingerprint density at radius 3 is 2.72 bits per heavy atom. The summed E-state index contributed by atoms with van der Waals surface area (Å²) in [7, 11) is 0. The van der Waals surface area contributed by atoms with Crippen LogP contribution in [0.3, 0.4) is 0 Å². The van der Waals surface area contributed by atoms with Crippen LogP contribution in [0.1, 0.15) is 47.0 Å². The van der Waals surface area contributed by atoms with Crippen molar-refractivity contribution in [2.75, 3.05) is 19.0 Å². The zero-order valence-electron chi connectivity index (χ0n) is 12.2. The van der Waals surface area contributed by atoms with Gasteiger partial charge in [0.2, 0.25) is 0 Å². The van der Waals surface area contributed by atoms with Crippen LogP contribution in [0, 0.1) is 0 Å². The Bertz CT molecular complexity index is 238. The minimum absolute atomic E-state index is 0.132. The number of ether oxygens (including phenoxy) is 1. The first-order valence-corrected chi connectivity index (χ1v) is 8.13. The fraction of sp³-hybridized carbons (Fsp3) is 1.00. The normalized spacial score (nSPS) is 27.7. The molecule has 1 aliphatic heterocycles. The van der Waals surface area contributed by atoms with E-state index in [0.29, 0.717) is 17.4 Å². The van der Waals surface area contributed by atoms with Crippen molar-refractivity contribution >= 4 is 11.8 Å². The van der Waals surface area contributed by atoms with Crippen LogP contribution in [0.25, 0.3) is 0 Å². The minimum Gasteiger partial charge on any atom is -0.394 e. The van der Waals surface area contributed by atoms with Gasteiger partial charge in [0.25, 0.3) is 0 Å². The van der Waals surface area contributed by atoms with Gasteiger partial charge in [0, 0.05) is 23.4 Å². The maximum absolute atomic E-state index is 9.50. The van der Waals surface area contributed by atoms with E-state index in [-0.39, 0.29) is 12.1 Å². The van der Waals surface area contributed by atoms with Gasteiger partial charge in [0.1, 0.15) is 0 Å². The van der Waals surface area contributed by atoms with Crippen molar-refractivity contribution in [2.24, 2.45) is 0 Å². The molecule has 18 heavy (non-hydrogen) atoms. The van der Waals surface area contributed by atoms with Gasteiger partial charge in [0.05, 0.1) is 12.7 Å². The Kier molecular flexibility index (Phi) is 6.99. The second-order valence-electron chi connectivity index (χ2n) is 5.90. The number of thioether (sulfide) groups is 1. The highest BCUT2D eigenvalue weighted by Crippen LogP contribution is 2.27. The van der Waals surface area contributed by atoms with E-state index in [4.69, 9.17) is 4.74 Å². The summed E-state index contributed by atoms with van der Waals surface area (Å²) in [6, 6.07) is 0.415. The summed E-state index contributed by atoms with van der Waals surface area (Å²) in [6.45, 7) is 9.66. The molecule has 108 valence electrons. The van der Waals surface area contributed by atoms with E-state index >= 15 is 0 Å². The molecule has 1 fully saturated rings. The Morgan fingerprint density at radius 2 is 2.22 bits per heavy atom. The monoisotopic (exact) mass is 275 g/mol. The summed E-state index contributed by atoms with van der Waals surface area (Å²) >= 11 is 2.03. The van der Waals surface area contributed by atoms with Gasteiger partial charge in [-0.1, -0.05) is 13.8 Å². The second-order valence-corrected chi connectivity index (χ2v) is 7.24. The molecule has 0 spiro atoms. The van der Waals surface area contributed by atoms with E-state index in [9.17, 15) is 5.11 Å². The third kappa shape index (κ3) is 5.47. The largest absolute Gasteiger partial charge is 0.394 e. The zero-order chi connectivity index (χ0) is 13.6. The molecular weight excluding hydrogens is 246 g/mol. The van der Waals surface area contributed by atoms with Gasteiger partial charge in [-0.05, 0) is 38.9 Å². The van der Waals surface area contributed by atoms with Crippen molar-refractivity contribution in [2.45, 2.75) is 69.9 Å². The maximum Gasteiger partial charge on any atom is 0.0666 e. The average molecular weight is 275 g/mol. The standard InChI is InChI=1S/C14H29NO2S/c1-11(2)15-14(4,10-16)7-5-9-18-13-6-8-17-12(13)3/h11-13,15-16H,5-10H2,1-4H3. The molecule has 3 unspecified atom stereocenters. The molecule has 0 aromatic rings. The van der Waals surface area contributed by atoms with Crippen molar-refractivity contribution < 1.29 is 9.84 Å². The van der Waals surface area contributed by atoms with Crippen LogP contribution in [0.5, 0.6) is 0 Å². The first-order valence-electron chi connectivity index (χ1n) is 7.08. The molecule has 0 radical (unpaired) electrons. The van der Waals surface area contributed by atoms with Gasteiger partial charge in [-0.3, -0.25) is 0 Å². The van der Waals surface area contributed by atoms with E-state index < -0.39 is 0 Å². The number of rotatable bonds is 8. The van der Waals surface area contributed by atoms with Gasteiger partial charge in [-0.15, -0.1) is 0 Å². The third-order valence-electron chi connectivity index (χ3n) is 3.50. The number of nitrogens with one attached hydrogen (secondary N) is 1. The molecule has 0 saturated carbocycles. The Balaban J connectivity index is 2.19. The number of aliphatic hydroxyl groups excluding tert-OH is 1. The highest BCUT2D eigenvalue weighted by atomic mass is 32.2. The van der Waals surface area contributed by atoms with Crippen LogP contribution in [0.2, 0.25) is 0 Å². The molecule has 3 atom stereocenters. The van der Waals surface area contributed by atoms with Crippen molar-refractivity contribution in [3.63, 3.8) is 0 Å². The van der Waals surface area contributed by atoms with E-state index in [1.165, 1.54) is 6.42 Å². The minimum atomic E-state index is -0.132. The summed E-state index contributed by atoms with van der Waals surface area (Å²) in [5.41, 5.74) is -0.132. The molecule has 3 nitrogen and oxygen atoms in total. The zero-order valence-corrected chi connectivity index (χ0v) is 13.1. The molecule has 1 rings (SSSR count). The molecule has 0 aliphatic carbocycles. The van der Waals surface area contributed by atoms with Crippen LogP contribution >= 0.6 is 11.8 Å². The Morgan fingerprint density at radius 1 is 1.50 bits per heavy atom. The smallest absolute Gasteiger partial charge is 0.0666 e. The number of aliphatic hydroxyl groups is 1. The van der Waals surface area contributed by atoms with E-state index in [1.807, 2.05) is 11.8 Å². The fourth-order valence-electron chi connectivity index (χ4n) is 2.52. The fourth-order valence-corrected chi connectivity index (χ4v) is 3.75. The summed E-state index contributed by atoms with van der Waals surface area (Å²) in [6.07, 6.45) is 3.77. The van der Waals surface area contributed by atoms with Crippen LogP contribution in [0.4, 0.5) is 0 Å². The highest BCUT2D eigenvalue weighted by Gasteiger charge is 2.26. The predicted molar refractivity (Wildman–Crippen MR) is 79.3 cm³/mol. The van der Waals surface area contributed by atoms with Gasteiger partial charge in [0.15, 0.2) is 0 Å². The van der Waals surface area contributed by atoms with Gasteiger partial charge in [-0.25, -0.2) is 0 Å². The van der Waals surface area contributed by atoms with E-state index in [0.717, 1.165) is 25.2 Å². The van der Waals surface area contributed by atoms with Crippen LogP contribution in [-0.4, -0.2) is 47.0 Å². The summed E-state index contributed by atoms with van der Waals surface area (Å²) in [4.78, 5) is 0. The Labute approximate surface area is 116 Å². The first kappa shape index (κ1) is 16.3. The van der Waals surface area contributed by atoms with Crippen molar-refractivity contribution in [3.8, 4) is 0 Å². The lowest BCUT2D eigenvalue weighted by Gasteiger charge is -2.31. The molecule has 2 N–H and O–H groups in total. The molecule has 0 aromatic carbocycles. The van der Waals surface area contributed by atoms with Gasteiger partial charge < -0.3 is 15.2 Å². The molecular formula is C14H29NO2S. The first-order chi connectivity index (χ1) is 8.47. The molecule has 0 amide bonds. The lowest BCUT2D eigenvalue weighted by atomic mass is 9.96. The predicted octanol–water partition coefficient (Wildman–Crippen LogP) is 2.43. The van der Waals surface area contributed by atoms with Crippen molar-refractivity contribution in [1.82, 2.24) is 5.32 Å². The van der Waals surface area contributed by atoms with Crippen LogP contribution in [0.15, 0.2) is 0 Å². The highest BCUT2D eigenvalue weighted by molar-refractivity contribution is 7.99. The number of hydrogen-bond donors (Lipinski definition) is 2. The summed E-state index contributed by atoms with van der Waals surface area (Å²) in [5, 5.41) is 13.6. The summed E-state index contributed by atoms with van der Waals surface area (Å²) in [5.74, 6) is 1.16. The topological polar surface area (TPSA) is 41.5 Å². The number of hydrogen-bond acceptors (Lipinski definition) is 4. The maximum atomic E-state index is 9.50. The quantitative estimate of drug-likeness (QED) is 0.668. The van der Waals surface area contributed by atoms with E-state index in [1.54, 1.807) is 0 Å². The lowest BCUT2D eigenvalue weighted by molar-refractivity contribution is 0.127. The second kappa shape index (κ2) is 7.73. The third-order valence-corrected chi connectivity index (χ3v) is 5.07. The van der Waals surface area contributed by atoms with Crippen molar-refractivity contribution in [3.05, 3.63) is 0 Å². The molecule has 0 aromatic heterocycles. The van der Waals surface area contributed by atoms with E-state index in [2.05, 4.69) is 33.0 Å². The summed E-state index contributed by atoms with van der Waals surface area (Å²) < 4.78 is 5.56. The van der Waals surface area contributed by atoms with Gasteiger partial charge in [-0.2, -0.15) is 11.8 Å². The van der Waals surface area contributed by atoms with Crippen molar-refractivity contribution in [1.29, 1.82) is 0 Å². The van der Waals surface area contributed by atoms with Gasteiger partial charge >= 0.3 is 0 Å². The average Bonchev–Trinajstić information content (AvgIpc) is 2.70. The van der Waals surface area contributed by atoms with Crippen LogP contribution in [-0.2, 0) is 4.74 Å². The molecule has 4 heteroatoms. The molecule has 1 saturated heterocycles. The van der Waals surface area contributed by atoms with Crippen LogP contribution < -0.4 is 5.32 Å². The molecule has 0 bridgehead atoms. The Hall–Kier alpha value is 0.230. The molecule has 1 aliphatic rings. The SMILES string of the molecule is CC(C)NC(C)(CO)CCCSC1CCOC1C. The lowest BCUT2D eigenvalue weighted by Crippen LogP contribution is -2.49.